The number of rotatable bonds is 3. The summed E-state index contributed by atoms with van der Waals surface area (Å²) in [5.41, 5.74) is 10.5. The number of anilines is 2. The number of nitrogen functional groups attached to an aromatic ring is 1. The van der Waals surface area contributed by atoms with Crippen molar-refractivity contribution in [2.75, 3.05) is 23.7 Å². The zero-order valence-electron chi connectivity index (χ0n) is 14.3. The van der Waals surface area contributed by atoms with E-state index in [9.17, 15) is 0 Å². The fraction of sp³-hybridized carbons (Fsp3) is 0.450. The van der Waals surface area contributed by atoms with Gasteiger partial charge in [-0.15, -0.1) is 0 Å². The Morgan fingerprint density at radius 3 is 2.78 bits per heavy atom. The summed E-state index contributed by atoms with van der Waals surface area (Å²) in [7, 11) is 0. The molecule has 122 valence electrons. The van der Waals surface area contributed by atoms with Gasteiger partial charge in [-0.25, -0.2) is 4.98 Å². The van der Waals surface area contributed by atoms with Crippen LogP contribution in [0, 0.1) is 12.8 Å². The van der Waals surface area contributed by atoms with Crippen LogP contribution in [0.1, 0.15) is 38.2 Å². The summed E-state index contributed by atoms with van der Waals surface area (Å²) in [6, 6.07) is 10.6. The maximum Gasteiger partial charge on any atom is 0.129 e. The molecule has 2 N–H and O–H groups in total. The second kappa shape index (κ2) is 7.03. The van der Waals surface area contributed by atoms with Gasteiger partial charge in [0, 0.05) is 18.7 Å². The van der Waals surface area contributed by atoms with E-state index in [1.54, 1.807) is 0 Å². The molecule has 1 aliphatic rings. The average Bonchev–Trinajstić information content (AvgIpc) is 2.82. The number of nitrogens with zero attached hydrogens (tertiary/aromatic N) is 2. The third-order valence-electron chi connectivity index (χ3n) is 5.10. The Hall–Kier alpha value is -2.03. The maximum absolute atomic E-state index is 6.21. The summed E-state index contributed by atoms with van der Waals surface area (Å²) >= 11 is 0. The molecule has 23 heavy (non-hydrogen) atoms. The Morgan fingerprint density at radius 2 is 2.00 bits per heavy atom. The number of aromatic nitrogens is 1. The van der Waals surface area contributed by atoms with E-state index in [1.807, 2.05) is 6.20 Å². The summed E-state index contributed by atoms with van der Waals surface area (Å²) in [6.07, 6.45) is 6.97. The molecule has 1 aliphatic heterocycles. The molecule has 0 bridgehead atoms. The smallest absolute Gasteiger partial charge is 0.129 e. The largest absolute Gasteiger partial charge is 0.397 e. The van der Waals surface area contributed by atoms with E-state index in [-0.39, 0.29) is 0 Å². The minimum absolute atomic E-state index is 0.754. The highest BCUT2D eigenvalue weighted by Crippen LogP contribution is 2.32. The van der Waals surface area contributed by atoms with Gasteiger partial charge in [-0.2, -0.15) is 0 Å². The van der Waals surface area contributed by atoms with Crippen molar-refractivity contribution in [3.8, 4) is 11.1 Å². The number of hydrogen-bond acceptors (Lipinski definition) is 3. The molecule has 1 atom stereocenters. The van der Waals surface area contributed by atoms with Crippen molar-refractivity contribution in [1.29, 1.82) is 0 Å². The summed E-state index contributed by atoms with van der Waals surface area (Å²) in [5.74, 6) is 1.93. The van der Waals surface area contributed by atoms with Gasteiger partial charge < -0.3 is 10.6 Å². The quantitative estimate of drug-likeness (QED) is 0.897. The molecule has 3 nitrogen and oxygen atoms in total. The van der Waals surface area contributed by atoms with Gasteiger partial charge in [-0.1, -0.05) is 37.6 Å². The first-order chi connectivity index (χ1) is 11.2. The van der Waals surface area contributed by atoms with E-state index in [0.717, 1.165) is 36.1 Å². The molecule has 1 unspecified atom stereocenters. The number of hydrogen-bond donors (Lipinski definition) is 1. The predicted molar refractivity (Wildman–Crippen MR) is 98.7 cm³/mol. The molecule has 0 radical (unpaired) electrons. The molecule has 0 spiro atoms. The highest BCUT2D eigenvalue weighted by molar-refractivity contribution is 5.80. The minimum atomic E-state index is 0.754. The normalized spacial score (nSPS) is 18.7. The van der Waals surface area contributed by atoms with Gasteiger partial charge in [0.25, 0.3) is 0 Å². The number of nitrogens with two attached hydrogens (primary N) is 1. The van der Waals surface area contributed by atoms with Gasteiger partial charge >= 0.3 is 0 Å². The summed E-state index contributed by atoms with van der Waals surface area (Å²) in [4.78, 5) is 7.04. The fourth-order valence-electron chi connectivity index (χ4n) is 3.54. The first-order valence-corrected chi connectivity index (χ1v) is 8.75. The van der Waals surface area contributed by atoms with Gasteiger partial charge in [0.2, 0.25) is 0 Å². The first-order valence-electron chi connectivity index (χ1n) is 8.75. The van der Waals surface area contributed by atoms with E-state index >= 15 is 0 Å². The van der Waals surface area contributed by atoms with Gasteiger partial charge in [-0.05, 0) is 49.3 Å². The van der Waals surface area contributed by atoms with Crippen molar-refractivity contribution >= 4 is 11.5 Å². The van der Waals surface area contributed by atoms with Crippen LogP contribution in [-0.4, -0.2) is 18.1 Å². The van der Waals surface area contributed by atoms with E-state index < -0.39 is 0 Å². The van der Waals surface area contributed by atoms with Gasteiger partial charge in [0.1, 0.15) is 5.82 Å². The van der Waals surface area contributed by atoms with Crippen LogP contribution < -0.4 is 10.6 Å². The monoisotopic (exact) mass is 309 g/mol. The maximum atomic E-state index is 6.21. The van der Waals surface area contributed by atoms with Crippen molar-refractivity contribution in [2.24, 2.45) is 5.92 Å². The molecular formula is C20H27N3. The average molecular weight is 309 g/mol. The van der Waals surface area contributed by atoms with Crippen molar-refractivity contribution in [3.05, 3.63) is 42.1 Å². The molecular weight excluding hydrogens is 282 g/mol. The Bertz CT molecular complexity index is 666. The topological polar surface area (TPSA) is 42.1 Å². The van der Waals surface area contributed by atoms with Crippen molar-refractivity contribution in [1.82, 2.24) is 4.98 Å². The van der Waals surface area contributed by atoms with Crippen LogP contribution in [0.15, 0.2) is 36.5 Å². The summed E-state index contributed by atoms with van der Waals surface area (Å²) in [6.45, 7) is 6.63. The van der Waals surface area contributed by atoms with E-state index in [2.05, 4.69) is 54.1 Å². The number of pyridine rings is 1. The molecule has 3 heteroatoms. The number of benzene rings is 1. The second-order valence-corrected chi connectivity index (χ2v) is 6.64. The zero-order chi connectivity index (χ0) is 16.2. The van der Waals surface area contributed by atoms with Gasteiger partial charge in [0.15, 0.2) is 0 Å². The van der Waals surface area contributed by atoms with Crippen LogP contribution in [0.4, 0.5) is 11.5 Å². The third-order valence-corrected chi connectivity index (χ3v) is 5.10. The highest BCUT2D eigenvalue weighted by Gasteiger charge is 2.18. The standard InChI is InChI=1S/C20H27N3/c1-3-16-8-6-11-23(12-10-16)20-13-18(19(21)14-22-20)17-9-5-4-7-15(17)2/h4-5,7,9,13-14,16H,3,6,8,10-12,21H2,1-2H3. The van der Waals surface area contributed by atoms with E-state index in [1.165, 1.54) is 36.8 Å². The third kappa shape index (κ3) is 3.49. The summed E-state index contributed by atoms with van der Waals surface area (Å²) < 4.78 is 0. The Balaban J connectivity index is 1.90. The minimum Gasteiger partial charge on any atom is -0.397 e. The Kier molecular flexibility index (Phi) is 4.85. The molecule has 2 heterocycles. The molecule has 3 rings (SSSR count). The van der Waals surface area contributed by atoms with Crippen molar-refractivity contribution in [3.63, 3.8) is 0 Å². The molecule has 0 saturated carbocycles. The van der Waals surface area contributed by atoms with Crippen LogP contribution in [0.25, 0.3) is 11.1 Å². The molecule has 1 saturated heterocycles. The van der Waals surface area contributed by atoms with Crippen molar-refractivity contribution < 1.29 is 0 Å². The first kappa shape index (κ1) is 15.9. The molecule has 2 aromatic rings. The second-order valence-electron chi connectivity index (χ2n) is 6.64. The van der Waals surface area contributed by atoms with Crippen LogP contribution in [0.5, 0.6) is 0 Å². The summed E-state index contributed by atoms with van der Waals surface area (Å²) in [5, 5.41) is 0. The lowest BCUT2D eigenvalue weighted by Crippen LogP contribution is -2.25. The molecule has 1 aromatic carbocycles. The Labute approximate surface area is 139 Å². The number of aryl methyl sites for hydroxylation is 1. The SMILES string of the molecule is CCC1CCCN(c2cc(-c3ccccc3C)c(N)cn2)CC1. The lowest BCUT2D eigenvalue weighted by Gasteiger charge is -2.23. The predicted octanol–water partition coefficient (Wildman–Crippen LogP) is 4.66. The fourth-order valence-corrected chi connectivity index (χ4v) is 3.54. The molecule has 0 amide bonds. The van der Waals surface area contributed by atoms with Gasteiger partial charge in [-0.3, -0.25) is 0 Å². The molecule has 1 fully saturated rings. The lowest BCUT2D eigenvalue weighted by atomic mass is 9.98. The van der Waals surface area contributed by atoms with Crippen LogP contribution in [-0.2, 0) is 0 Å². The molecule has 1 aromatic heterocycles. The van der Waals surface area contributed by atoms with Crippen molar-refractivity contribution in [2.45, 2.75) is 39.5 Å². The van der Waals surface area contributed by atoms with Crippen LogP contribution >= 0.6 is 0 Å². The van der Waals surface area contributed by atoms with Crippen LogP contribution in [0.3, 0.4) is 0 Å². The van der Waals surface area contributed by atoms with E-state index in [4.69, 9.17) is 5.73 Å². The highest BCUT2D eigenvalue weighted by atomic mass is 15.2. The molecule has 0 aliphatic carbocycles. The van der Waals surface area contributed by atoms with Gasteiger partial charge in [0.05, 0.1) is 11.9 Å². The zero-order valence-corrected chi connectivity index (χ0v) is 14.3. The van der Waals surface area contributed by atoms with E-state index in [0.29, 0.717) is 0 Å². The Morgan fingerprint density at radius 1 is 1.17 bits per heavy atom. The lowest BCUT2D eigenvalue weighted by molar-refractivity contribution is 0.459. The van der Waals surface area contributed by atoms with Crippen LogP contribution in [0.2, 0.25) is 0 Å².